The summed E-state index contributed by atoms with van der Waals surface area (Å²) in [6.07, 6.45) is 1.85. The van der Waals surface area contributed by atoms with Crippen LogP contribution in [-0.2, 0) is 12.0 Å². The summed E-state index contributed by atoms with van der Waals surface area (Å²) in [7, 11) is 0. The van der Waals surface area contributed by atoms with Crippen LogP contribution < -0.4 is 19.1 Å². The molecule has 6 heteroatoms. The average Bonchev–Trinajstić information content (AvgIpc) is 3.25. The lowest BCUT2D eigenvalue weighted by molar-refractivity contribution is 0.171. The molecule has 3 aromatic rings. The lowest BCUT2D eigenvalue weighted by Gasteiger charge is -2.26. The largest absolute Gasteiger partial charge is 0.492 e. The number of aromatic nitrogens is 1. The molecule has 0 N–H and O–H groups in total. The standard InChI is InChI=1S/C23H19BrN2O3/c24-15-4-5-19-17(9-15)23(13-26(19)12-16-3-1-2-6-25-16)14-29-20-11-22-21(10-18(20)23)27-7-8-28-22/h1-6,9-11H,7-8,12-14H2. The van der Waals surface area contributed by atoms with E-state index in [0.717, 1.165) is 40.5 Å². The second kappa shape index (κ2) is 6.39. The van der Waals surface area contributed by atoms with Gasteiger partial charge in [-0.25, -0.2) is 0 Å². The van der Waals surface area contributed by atoms with E-state index < -0.39 is 0 Å². The molecule has 0 radical (unpaired) electrons. The van der Waals surface area contributed by atoms with Gasteiger partial charge in [0.25, 0.3) is 0 Å². The van der Waals surface area contributed by atoms with Crippen molar-refractivity contribution in [2.45, 2.75) is 12.0 Å². The average molecular weight is 451 g/mol. The molecule has 3 aliphatic heterocycles. The van der Waals surface area contributed by atoms with Crippen LogP contribution in [0.5, 0.6) is 17.2 Å². The highest BCUT2D eigenvalue weighted by Gasteiger charge is 2.50. The van der Waals surface area contributed by atoms with Crippen molar-refractivity contribution < 1.29 is 14.2 Å². The van der Waals surface area contributed by atoms with Crippen molar-refractivity contribution >= 4 is 21.6 Å². The van der Waals surface area contributed by atoms with Crippen LogP contribution >= 0.6 is 15.9 Å². The number of benzene rings is 2. The van der Waals surface area contributed by atoms with Crippen LogP contribution in [0.25, 0.3) is 0 Å². The minimum atomic E-state index is -0.237. The van der Waals surface area contributed by atoms with E-state index in [9.17, 15) is 0 Å². The normalized spacial score (nSPS) is 21.1. The first-order chi connectivity index (χ1) is 14.2. The molecule has 29 heavy (non-hydrogen) atoms. The topological polar surface area (TPSA) is 43.8 Å². The zero-order valence-electron chi connectivity index (χ0n) is 15.7. The Labute approximate surface area is 177 Å². The Bertz CT molecular complexity index is 1100. The molecule has 0 fully saturated rings. The molecule has 0 bridgehead atoms. The van der Waals surface area contributed by atoms with Gasteiger partial charge in [0.1, 0.15) is 25.6 Å². The molecule has 0 aliphatic carbocycles. The molecule has 0 amide bonds. The van der Waals surface area contributed by atoms with Gasteiger partial charge in [-0.1, -0.05) is 22.0 Å². The predicted octanol–water partition coefficient (Wildman–Crippen LogP) is 4.31. The fourth-order valence-corrected chi connectivity index (χ4v) is 5.05. The quantitative estimate of drug-likeness (QED) is 0.581. The van der Waals surface area contributed by atoms with Gasteiger partial charge in [0.05, 0.1) is 17.7 Å². The molecule has 3 aliphatic rings. The molecule has 1 aromatic heterocycles. The maximum atomic E-state index is 6.20. The molecule has 2 aromatic carbocycles. The molecular formula is C23H19BrN2O3. The number of rotatable bonds is 2. The second-order valence-corrected chi connectivity index (χ2v) is 8.62. The maximum absolute atomic E-state index is 6.20. The van der Waals surface area contributed by atoms with E-state index in [4.69, 9.17) is 14.2 Å². The summed E-state index contributed by atoms with van der Waals surface area (Å²) in [4.78, 5) is 6.93. The van der Waals surface area contributed by atoms with Gasteiger partial charge in [-0.05, 0) is 42.0 Å². The highest BCUT2D eigenvalue weighted by atomic mass is 79.9. The fourth-order valence-electron chi connectivity index (χ4n) is 4.69. The van der Waals surface area contributed by atoms with Crippen LogP contribution in [0.2, 0.25) is 0 Å². The molecule has 1 spiro atoms. The van der Waals surface area contributed by atoms with Crippen LogP contribution in [-0.4, -0.2) is 31.3 Å². The number of ether oxygens (including phenoxy) is 3. The monoisotopic (exact) mass is 450 g/mol. The van der Waals surface area contributed by atoms with Gasteiger partial charge in [-0.3, -0.25) is 4.98 Å². The Hall–Kier alpha value is -2.73. The second-order valence-electron chi connectivity index (χ2n) is 7.70. The van der Waals surface area contributed by atoms with Crippen molar-refractivity contribution in [1.29, 1.82) is 0 Å². The van der Waals surface area contributed by atoms with E-state index in [0.29, 0.717) is 19.8 Å². The zero-order chi connectivity index (χ0) is 19.4. The summed E-state index contributed by atoms with van der Waals surface area (Å²) in [5, 5.41) is 0. The SMILES string of the molecule is Brc1ccc2c(c1)C1(COc3cc4c(cc31)OCCO4)CN2Cc1ccccn1. The van der Waals surface area contributed by atoms with E-state index in [-0.39, 0.29) is 5.41 Å². The van der Waals surface area contributed by atoms with Crippen LogP contribution in [0.3, 0.4) is 0 Å². The van der Waals surface area contributed by atoms with Crippen molar-refractivity contribution in [3.05, 3.63) is 76.0 Å². The van der Waals surface area contributed by atoms with E-state index in [1.165, 1.54) is 16.8 Å². The Morgan fingerprint density at radius 3 is 2.62 bits per heavy atom. The van der Waals surface area contributed by atoms with Gasteiger partial charge in [0.2, 0.25) is 0 Å². The Morgan fingerprint density at radius 2 is 1.79 bits per heavy atom. The van der Waals surface area contributed by atoms with Gasteiger partial charge < -0.3 is 19.1 Å². The van der Waals surface area contributed by atoms with Crippen LogP contribution in [0.15, 0.2) is 59.2 Å². The van der Waals surface area contributed by atoms with E-state index in [2.05, 4.69) is 56.1 Å². The Morgan fingerprint density at radius 1 is 0.931 bits per heavy atom. The minimum absolute atomic E-state index is 0.237. The summed E-state index contributed by atoms with van der Waals surface area (Å²) >= 11 is 3.67. The van der Waals surface area contributed by atoms with E-state index in [1.807, 2.05) is 24.4 Å². The lowest BCUT2D eigenvalue weighted by atomic mass is 9.77. The smallest absolute Gasteiger partial charge is 0.165 e. The first-order valence-corrected chi connectivity index (χ1v) is 10.5. The molecule has 1 unspecified atom stereocenters. The summed E-state index contributed by atoms with van der Waals surface area (Å²) in [6, 6.07) is 16.7. The molecule has 0 saturated carbocycles. The van der Waals surface area contributed by atoms with Crippen molar-refractivity contribution in [2.75, 3.05) is 31.3 Å². The van der Waals surface area contributed by atoms with Crippen molar-refractivity contribution in [3.63, 3.8) is 0 Å². The number of anilines is 1. The van der Waals surface area contributed by atoms with Crippen molar-refractivity contribution in [1.82, 2.24) is 4.98 Å². The van der Waals surface area contributed by atoms with Gasteiger partial charge in [0.15, 0.2) is 11.5 Å². The van der Waals surface area contributed by atoms with Crippen molar-refractivity contribution in [3.8, 4) is 17.2 Å². The van der Waals surface area contributed by atoms with E-state index in [1.54, 1.807) is 0 Å². The van der Waals surface area contributed by atoms with Gasteiger partial charge >= 0.3 is 0 Å². The number of halogens is 1. The third-order valence-corrected chi connectivity index (χ3v) is 6.48. The summed E-state index contributed by atoms with van der Waals surface area (Å²) in [5.74, 6) is 2.46. The molecule has 4 heterocycles. The summed E-state index contributed by atoms with van der Waals surface area (Å²) in [6.45, 7) is 3.35. The van der Waals surface area contributed by atoms with Gasteiger partial charge in [-0.15, -0.1) is 0 Å². The fraction of sp³-hybridized carbons (Fsp3) is 0.261. The summed E-state index contributed by atoms with van der Waals surface area (Å²) < 4.78 is 18.9. The molecule has 146 valence electrons. The highest BCUT2D eigenvalue weighted by molar-refractivity contribution is 9.10. The molecule has 5 nitrogen and oxygen atoms in total. The van der Waals surface area contributed by atoms with Crippen LogP contribution in [0.4, 0.5) is 5.69 Å². The summed E-state index contributed by atoms with van der Waals surface area (Å²) in [5.41, 5.74) is 4.49. The first-order valence-electron chi connectivity index (χ1n) is 9.75. The maximum Gasteiger partial charge on any atom is 0.165 e. The number of nitrogens with zero attached hydrogens (tertiary/aromatic N) is 2. The number of hydrogen-bond acceptors (Lipinski definition) is 5. The molecule has 6 rings (SSSR count). The third-order valence-electron chi connectivity index (χ3n) is 5.99. The number of pyridine rings is 1. The number of hydrogen-bond donors (Lipinski definition) is 0. The number of fused-ring (bicyclic) bond motifs is 5. The lowest BCUT2D eigenvalue weighted by Crippen LogP contribution is -2.36. The zero-order valence-corrected chi connectivity index (χ0v) is 17.3. The highest BCUT2D eigenvalue weighted by Crippen LogP contribution is 2.54. The van der Waals surface area contributed by atoms with Crippen LogP contribution in [0, 0.1) is 0 Å². The predicted molar refractivity (Wildman–Crippen MR) is 113 cm³/mol. The van der Waals surface area contributed by atoms with Gasteiger partial charge in [0, 0.05) is 34.5 Å². The molecular weight excluding hydrogens is 432 g/mol. The minimum Gasteiger partial charge on any atom is -0.492 e. The van der Waals surface area contributed by atoms with E-state index >= 15 is 0 Å². The van der Waals surface area contributed by atoms with Crippen LogP contribution in [0.1, 0.15) is 16.8 Å². The first kappa shape index (κ1) is 17.2. The Kier molecular flexibility index (Phi) is 3.78. The third kappa shape index (κ3) is 2.62. The van der Waals surface area contributed by atoms with Gasteiger partial charge in [-0.2, -0.15) is 0 Å². The molecule has 0 saturated heterocycles. The van der Waals surface area contributed by atoms with Crippen molar-refractivity contribution in [2.24, 2.45) is 0 Å². The Balaban J connectivity index is 1.47. The molecule has 1 atom stereocenters.